The molecule has 2 saturated heterocycles. The van der Waals surface area contributed by atoms with Crippen LogP contribution in [0.3, 0.4) is 0 Å². The molecule has 2 amide bonds. The zero-order valence-electron chi connectivity index (χ0n) is 15.5. The third-order valence-electron chi connectivity index (χ3n) is 5.79. The van der Waals surface area contributed by atoms with Crippen molar-refractivity contribution in [2.45, 2.75) is 25.3 Å². The van der Waals surface area contributed by atoms with Crippen molar-refractivity contribution in [3.8, 4) is 0 Å². The molecule has 26 heavy (non-hydrogen) atoms. The van der Waals surface area contributed by atoms with E-state index in [0.717, 1.165) is 45.4 Å². The fourth-order valence-corrected chi connectivity index (χ4v) is 4.34. The number of carbonyl (C=O) groups is 1. The number of rotatable bonds is 4. The second-order valence-electron chi connectivity index (χ2n) is 7.52. The molecule has 4 rings (SSSR count). The summed E-state index contributed by atoms with van der Waals surface area (Å²) in [5.74, 6) is 0.523. The summed E-state index contributed by atoms with van der Waals surface area (Å²) in [5, 5.41) is 3.20. The van der Waals surface area contributed by atoms with Crippen LogP contribution in [0.2, 0.25) is 0 Å². The smallest absolute Gasteiger partial charge is 0.317 e. The molecule has 1 aromatic carbocycles. The molecule has 0 radical (unpaired) electrons. The Morgan fingerprint density at radius 2 is 1.96 bits per heavy atom. The number of amides is 2. The maximum absolute atomic E-state index is 12.8. The minimum Gasteiger partial charge on any atom is -0.371 e. The lowest BCUT2D eigenvalue weighted by Crippen LogP contribution is -2.42. The van der Waals surface area contributed by atoms with Gasteiger partial charge >= 0.3 is 6.03 Å². The minimum atomic E-state index is 0.0897. The Kier molecular flexibility index (Phi) is 4.87. The second-order valence-corrected chi connectivity index (χ2v) is 7.52. The highest BCUT2D eigenvalue weighted by molar-refractivity contribution is 5.75. The van der Waals surface area contributed by atoms with Crippen molar-refractivity contribution in [1.29, 1.82) is 0 Å². The van der Waals surface area contributed by atoms with Crippen molar-refractivity contribution < 1.29 is 4.79 Å². The number of nitrogens with zero attached hydrogens (tertiary/aromatic N) is 3. The summed E-state index contributed by atoms with van der Waals surface area (Å²) in [5.41, 5.74) is 2.51. The summed E-state index contributed by atoms with van der Waals surface area (Å²) in [7, 11) is 2.06. The number of likely N-dealkylation sites (tertiary alicyclic amines) is 1. The lowest BCUT2D eigenvalue weighted by atomic mass is 10.1. The molecular weight excluding hydrogens is 324 g/mol. The zero-order chi connectivity index (χ0) is 17.9. The van der Waals surface area contributed by atoms with E-state index in [0.29, 0.717) is 5.92 Å². The summed E-state index contributed by atoms with van der Waals surface area (Å²) in [6.07, 6.45) is 5.32. The molecule has 1 aromatic heterocycles. The molecule has 2 aromatic rings. The van der Waals surface area contributed by atoms with Gasteiger partial charge in [-0.25, -0.2) is 4.79 Å². The molecule has 2 aliphatic rings. The van der Waals surface area contributed by atoms with Crippen molar-refractivity contribution in [2.24, 2.45) is 13.0 Å². The third kappa shape index (κ3) is 3.43. The highest BCUT2D eigenvalue weighted by Gasteiger charge is 2.32. The van der Waals surface area contributed by atoms with E-state index in [1.165, 1.54) is 11.4 Å². The Labute approximate surface area is 155 Å². The van der Waals surface area contributed by atoms with Crippen LogP contribution in [-0.2, 0) is 7.05 Å². The summed E-state index contributed by atoms with van der Waals surface area (Å²) in [4.78, 5) is 17.2. The standard InChI is InChI=1S/C21H28N4O/c1-23-12-5-9-19(23)20-10-6-13-25(20)21(26)22-15-17-11-14-24(16-17)18-7-3-2-4-8-18/h2-5,7-9,12,17,20H,6,10-11,13-16H2,1H3,(H,22,26). The van der Waals surface area contributed by atoms with Crippen LogP contribution in [0, 0.1) is 5.92 Å². The van der Waals surface area contributed by atoms with Crippen molar-refractivity contribution in [3.05, 3.63) is 54.4 Å². The number of urea groups is 1. The first-order valence-electron chi connectivity index (χ1n) is 9.68. The number of hydrogen-bond acceptors (Lipinski definition) is 2. The fourth-order valence-electron chi connectivity index (χ4n) is 4.34. The van der Waals surface area contributed by atoms with Crippen LogP contribution in [0.5, 0.6) is 0 Å². The second kappa shape index (κ2) is 7.44. The number of carbonyl (C=O) groups excluding carboxylic acids is 1. The lowest BCUT2D eigenvalue weighted by molar-refractivity contribution is 0.190. The first-order chi connectivity index (χ1) is 12.7. The highest BCUT2D eigenvalue weighted by atomic mass is 16.2. The fraction of sp³-hybridized carbons (Fsp3) is 0.476. The topological polar surface area (TPSA) is 40.5 Å². The van der Waals surface area contributed by atoms with Crippen LogP contribution in [0.1, 0.15) is 31.0 Å². The molecular formula is C21H28N4O. The molecule has 2 aliphatic heterocycles. The summed E-state index contributed by atoms with van der Waals surface area (Å²) in [6, 6.07) is 15.0. The van der Waals surface area contributed by atoms with Gasteiger partial charge < -0.3 is 19.7 Å². The Balaban J connectivity index is 1.31. The van der Waals surface area contributed by atoms with Gasteiger partial charge in [0.1, 0.15) is 0 Å². The average Bonchev–Trinajstić information content (AvgIpc) is 3.40. The van der Waals surface area contributed by atoms with E-state index in [1.54, 1.807) is 0 Å². The number of hydrogen-bond donors (Lipinski definition) is 1. The quantitative estimate of drug-likeness (QED) is 0.916. The molecule has 0 saturated carbocycles. The van der Waals surface area contributed by atoms with E-state index in [-0.39, 0.29) is 12.1 Å². The van der Waals surface area contributed by atoms with E-state index in [1.807, 2.05) is 4.90 Å². The summed E-state index contributed by atoms with van der Waals surface area (Å²) >= 11 is 0. The molecule has 0 aliphatic carbocycles. The third-order valence-corrected chi connectivity index (χ3v) is 5.79. The molecule has 0 spiro atoms. The minimum absolute atomic E-state index is 0.0897. The first kappa shape index (κ1) is 17.0. The van der Waals surface area contributed by atoms with Gasteiger partial charge in [-0.15, -0.1) is 0 Å². The predicted molar refractivity (Wildman–Crippen MR) is 104 cm³/mol. The average molecular weight is 352 g/mol. The largest absolute Gasteiger partial charge is 0.371 e. The molecule has 5 heteroatoms. The van der Waals surface area contributed by atoms with Crippen LogP contribution < -0.4 is 10.2 Å². The number of para-hydroxylation sites is 1. The van der Waals surface area contributed by atoms with Gasteiger partial charge in [-0.1, -0.05) is 18.2 Å². The molecule has 2 unspecified atom stereocenters. The molecule has 0 bridgehead atoms. The van der Waals surface area contributed by atoms with Crippen LogP contribution in [-0.4, -0.2) is 41.7 Å². The Bertz CT molecular complexity index is 741. The molecule has 1 N–H and O–H groups in total. The molecule has 138 valence electrons. The van der Waals surface area contributed by atoms with Gasteiger partial charge in [0.2, 0.25) is 0 Å². The number of anilines is 1. The number of benzene rings is 1. The SMILES string of the molecule is Cn1cccc1C1CCCN1C(=O)NCC1CCN(c2ccccc2)C1. The summed E-state index contributed by atoms with van der Waals surface area (Å²) in [6.45, 7) is 3.70. The van der Waals surface area contributed by atoms with Crippen LogP contribution in [0.15, 0.2) is 48.7 Å². The van der Waals surface area contributed by atoms with Crippen LogP contribution in [0.25, 0.3) is 0 Å². The van der Waals surface area contributed by atoms with E-state index in [2.05, 4.69) is 70.5 Å². The van der Waals surface area contributed by atoms with Gasteiger partial charge in [-0.3, -0.25) is 0 Å². The van der Waals surface area contributed by atoms with E-state index < -0.39 is 0 Å². The molecule has 2 fully saturated rings. The van der Waals surface area contributed by atoms with Crippen LogP contribution in [0.4, 0.5) is 10.5 Å². The van der Waals surface area contributed by atoms with Gasteiger partial charge in [0.05, 0.1) is 6.04 Å². The van der Waals surface area contributed by atoms with Crippen molar-refractivity contribution in [1.82, 2.24) is 14.8 Å². The van der Waals surface area contributed by atoms with Gasteiger partial charge in [-0.05, 0) is 49.4 Å². The summed E-state index contributed by atoms with van der Waals surface area (Å²) < 4.78 is 2.13. The van der Waals surface area contributed by atoms with Crippen molar-refractivity contribution in [2.75, 3.05) is 31.1 Å². The van der Waals surface area contributed by atoms with Gasteiger partial charge in [0.15, 0.2) is 0 Å². The number of nitrogens with one attached hydrogen (secondary N) is 1. The maximum atomic E-state index is 12.8. The number of aromatic nitrogens is 1. The van der Waals surface area contributed by atoms with Crippen LogP contribution >= 0.6 is 0 Å². The molecule has 3 heterocycles. The monoisotopic (exact) mass is 352 g/mol. The Morgan fingerprint density at radius 3 is 2.73 bits per heavy atom. The van der Waals surface area contributed by atoms with E-state index in [4.69, 9.17) is 0 Å². The van der Waals surface area contributed by atoms with Gasteiger partial charge in [0.25, 0.3) is 0 Å². The normalized spacial score (nSPS) is 22.8. The Hall–Kier alpha value is -2.43. The van der Waals surface area contributed by atoms with Gasteiger partial charge in [0, 0.05) is 50.8 Å². The highest BCUT2D eigenvalue weighted by Crippen LogP contribution is 2.32. The molecule has 5 nitrogen and oxygen atoms in total. The zero-order valence-corrected chi connectivity index (χ0v) is 15.5. The van der Waals surface area contributed by atoms with E-state index >= 15 is 0 Å². The van der Waals surface area contributed by atoms with Crippen molar-refractivity contribution >= 4 is 11.7 Å². The van der Waals surface area contributed by atoms with E-state index in [9.17, 15) is 4.79 Å². The lowest BCUT2D eigenvalue weighted by Gasteiger charge is -2.26. The predicted octanol–water partition coefficient (Wildman–Crippen LogP) is 3.40. The maximum Gasteiger partial charge on any atom is 0.317 e. The van der Waals surface area contributed by atoms with Gasteiger partial charge in [-0.2, -0.15) is 0 Å². The Morgan fingerprint density at radius 1 is 1.12 bits per heavy atom. The number of aryl methyl sites for hydroxylation is 1. The van der Waals surface area contributed by atoms with Crippen molar-refractivity contribution in [3.63, 3.8) is 0 Å². The molecule has 2 atom stereocenters. The first-order valence-corrected chi connectivity index (χ1v) is 9.68.